The second kappa shape index (κ2) is 12.6. The number of fused-ring (bicyclic) bond motifs is 1. The van der Waals surface area contributed by atoms with Crippen LogP contribution in [0.15, 0.2) is 53.9 Å². The van der Waals surface area contributed by atoms with Gasteiger partial charge in [-0.1, -0.05) is 17.4 Å². The molecule has 1 aliphatic heterocycles. The molecule has 0 spiro atoms. The van der Waals surface area contributed by atoms with Crippen molar-refractivity contribution in [3.8, 4) is 11.5 Å². The molecule has 1 atom stereocenters. The van der Waals surface area contributed by atoms with Crippen LogP contribution in [0.25, 0.3) is 10.2 Å². The van der Waals surface area contributed by atoms with Crippen LogP contribution in [0.5, 0.6) is 11.5 Å². The van der Waals surface area contributed by atoms with E-state index in [2.05, 4.69) is 10.2 Å². The van der Waals surface area contributed by atoms with Crippen LogP contribution in [-0.2, 0) is 11.2 Å². The van der Waals surface area contributed by atoms with Gasteiger partial charge in [0.05, 0.1) is 30.5 Å². The SMILES string of the molecule is COc1ccc(NC(=O)c2ccc3nc(N4CCN(C(=O)C(N)Cc5cccs5)CC4)sc3c2)cc1OC.Cl. The molecule has 0 bridgehead atoms. The first-order valence-corrected chi connectivity index (χ1v) is 13.9. The summed E-state index contributed by atoms with van der Waals surface area (Å²) in [5, 5.41) is 5.79. The molecule has 4 aromatic rings. The molecule has 0 aliphatic carbocycles. The Morgan fingerprint density at radius 2 is 1.82 bits per heavy atom. The molecule has 5 rings (SSSR count). The number of carbonyl (C=O) groups is 2. The van der Waals surface area contributed by atoms with Gasteiger partial charge in [-0.15, -0.1) is 23.7 Å². The van der Waals surface area contributed by atoms with Gasteiger partial charge in [0, 0.05) is 54.8 Å². The first kappa shape index (κ1) is 28.6. The Morgan fingerprint density at radius 1 is 1.05 bits per heavy atom. The Balaban J connectivity index is 0.00000353. The molecule has 2 aromatic carbocycles. The molecule has 1 unspecified atom stereocenters. The van der Waals surface area contributed by atoms with Crippen LogP contribution in [0.3, 0.4) is 0 Å². The quantitative estimate of drug-likeness (QED) is 0.317. The van der Waals surface area contributed by atoms with Gasteiger partial charge in [-0.3, -0.25) is 9.59 Å². The standard InChI is InChI=1S/C27H29N5O4S2.ClH/c1-35-22-8-6-18(15-23(22)36-2)29-25(33)17-5-7-21-24(14-17)38-27(30-21)32-11-9-31(10-12-32)26(34)20(28)16-19-4-3-13-37-19;/h3-8,13-15,20H,9-12,16,28H2,1-2H3,(H,29,33);1H. The highest BCUT2D eigenvalue weighted by Gasteiger charge is 2.27. The topological polar surface area (TPSA) is 110 Å². The molecule has 2 amide bonds. The predicted molar refractivity (Wildman–Crippen MR) is 159 cm³/mol. The van der Waals surface area contributed by atoms with Gasteiger partial charge >= 0.3 is 0 Å². The monoisotopic (exact) mass is 587 g/mol. The highest BCUT2D eigenvalue weighted by atomic mass is 35.5. The van der Waals surface area contributed by atoms with Crippen molar-refractivity contribution in [2.45, 2.75) is 12.5 Å². The van der Waals surface area contributed by atoms with Gasteiger partial charge < -0.3 is 30.3 Å². The first-order valence-electron chi connectivity index (χ1n) is 12.2. The minimum absolute atomic E-state index is 0. The second-order valence-electron chi connectivity index (χ2n) is 8.91. The fourth-order valence-electron chi connectivity index (χ4n) is 4.39. The smallest absolute Gasteiger partial charge is 0.255 e. The van der Waals surface area contributed by atoms with E-state index < -0.39 is 6.04 Å². The number of anilines is 2. The summed E-state index contributed by atoms with van der Waals surface area (Å²) in [5.74, 6) is 0.905. The number of halogens is 1. The molecule has 0 saturated carbocycles. The summed E-state index contributed by atoms with van der Waals surface area (Å²) in [6, 6.07) is 14.2. The molecule has 3 N–H and O–H groups in total. The molecule has 206 valence electrons. The number of thiophene rings is 1. The van der Waals surface area contributed by atoms with Gasteiger partial charge in [-0.25, -0.2) is 4.98 Å². The molecule has 9 nitrogen and oxygen atoms in total. The molecule has 0 radical (unpaired) electrons. The number of ether oxygens (including phenoxy) is 2. The molecule has 39 heavy (non-hydrogen) atoms. The zero-order valence-corrected chi connectivity index (χ0v) is 24.0. The summed E-state index contributed by atoms with van der Waals surface area (Å²) in [6.45, 7) is 2.58. The van der Waals surface area contributed by atoms with Crippen LogP contribution in [-0.4, -0.2) is 68.1 Å². The molecule has 2 aromatic heterocycles. The van der Waals surface area contributed by atoms with E-state index in [0.29, 0.717) is 55.3 Å². The summed E-state index contributed by atoms with van der Waals surface area (Å²) < 4.78 is 11.5. The third-order valence-corrected chi connectivity index (χ3v) is 8.44. The highest BCUT2D eigenvalue weighted by molar-refractivity contribution is 7.22. The molecule has 12 heteroatoms. The van der Waals surface area contributed by atoms with E-state index in [1.54, 1.807) is 61.2 Å². The van der Waals surface area contributed by atoms with Crippen LogP contribution in [0.4, 0.5) is 10.8 Å². The number of hydrogen-bond donors (Lipinski definition) is 2. The minimum Gasteiger partial charge on any atom is -0.493 e. The van der Waals surface area contributed by atoms with E-state index >= 15 is 0 Å². The second-order valence-corrected chi connectivity index (χ2v) is 10.9. The maximum atomic E-state index is 12.9. The van der Waals surface area contributed by atoms with Gasteiger partial charge in [-0.2, -0.15) is 0 Å². The number of carbonyl (C=O) groups excluding carboxylic acids is 2. The van der Waals surface area contributed by atoms with Crippen LogP contribution < -0.4 is 25.4 Å². The Kier molecular flexibility index (Phi) is 9.28. The van der Waals surface area contributed by atoms with Crippen molar-refractivity contribution in [2.75, 3.05) is 50.6 Å². The number of rotatable bonds is 8. The van der Waals surface area contributed by atoms with E-state index in [4.69, 9.17) is 20.2 Å². The maximum absolute atomic E-state index is 12.9. The van der Waals surface area contributed by atoms with Crippen molar-refractivity contribution in [1.82, 2.24) is 9.88 Å². The van der Waals surface area contributed by atoms with E-state index in [1.807, 2.05) is 34.5 Å². The molecular formula is C27H30ClN5O4S2. The van der Waals surface area contributed by atoms with Gasteiger partial charge in [0.25, 0.3) is 5.91 Å². The highest BCUT2D eigenvalue weighted by Crippen LogP contribution is 2.32. The summed E-state index contributed by atoms with van der Waals surface area (Å²) in [7, 11) is 3.12. The fourth-order valence-corrected chi connectivity index (χ4v) is 6.21. The lowest BCUT2D eigenvalue weighted by molar-refractivity contribution is -0.132. The third-order valence-electron chi connectivity index (χ3n) is 6.46. The van der Waals surface area contributed by atoms with Crippen molar-refractivity contribution in [2.24, 2.45) is 5.73 Å². The number of piperazine rings is 1. The van der Waals surface area contributed by atoms with Crippen LogP contribution in [0.1, 0.15) is 15.2 Å². The molecular weight excluding hydrogens is 558 g/mol. The normalized spacial score (nSPS) is 14.0. The first-order chi connectivity index (χ1) is 18.4. The average Bonchev–Trinajstić information content (AvgIpc) is 3.62. The van der Waals surface area contributed by atoms with Crippen molar-refractivity contribution < 1.29 is 19.1 Å². The maximum Gasteiger partial charge on any atom is 0.255 e. The van der Waals surface area contributed by atoms with Gasteiger partial charge in [-0.05, 0) is 41.8 Å². The van der Waals surface area contributed by atoms with E-state index in [9.17, 15) is 9.59 Å². The number of methoxy groups -OCH3 is 2. The summed E-state index contributed by atoms with van der Waals surface area (Å²) in [5.41, 5.74) is 8.19. The van der Waals surface area contributed by atoms with E-state index in [0.717, 1.165) is 20.2 Å². The number of aromatic nitrogens is 1. The average molecular weight is 588 g/mol. The molecule has 1 saturated heterocycles. The summed E-state index contributed by atoms with van der Waals surface area (Å²) >= 11 is 3.16. The van der Waals surface area contributed by atoms with Crippen molar-refractivity contribution in [3.63, 3.8) is 0 Å². The minimum atomic E-state index is -0.522. The molecule has 3 heterocycles. The number of nitrogens with two attached hydrogens (primary N) is 1. The number of amides is 2. The number of benzene rings is 2. The Labute approximate surface area is 240 Å². The predicted octanol–water partition coefficient (Wildman–Crippen LogP) is 4.27. The third kappa shape index (κ3) is 6.44. The lowest BCUT2D eigenvalue weighted by Crippen LogP contribution is -2.53. The van der Waals surface area contributed by atoms with Crippen molar-refractivity contribution in [3.05, 3.63) is 64.4 Å². The number of thiazole rings is 1. The lowest BCUT2D eigenvalue weighted by Gasteiger charge is -2.35. The Bertz CT molecular complexity index is 1440. The number of hydrogen-bond acceptors (Lipinski definition) is 9. The molecule has 1 fully saturated rings. The summed E-state index contributed by atoms with van der Waals surface area (Å²) in [6.07, 6.45) is 0.566. The zero-order valence-electron chi connectivity index (χ0n) is 21.6. The van der Waals surface area contributed by atoms with Crippen LogP contribution in [0, 0.1) is 0 Å². The van der Waals surface area contributed by atoms with Crippen LogP contribution in [0.2, 0.25) is 0 Å². The van der Waals surface area contributed by atoms with E-state index in [-0.39, 0.29) is 24.2 Å². The van der Waals surface area contributed by atoms with Crippen LogP contribution >= 0.6 is 35.1 Å². The fraction of sp³-hybridized carbons (Fsp3) is 0.296. The summed E-state index contributed by atoms with van der Waals surface area (Å²) in [4.78, 5) is 35.7. The Hall–Kier alpha value is -3.38. The van der Waals surface area contributed by atoms with Crippen molar-refractivity contribution >= 4 is 67.9 Å². The lowest BCUT2D eigenvalue weighted by atomic mass is 10.1. The largest absolute Gasteiger partial charge is 0.493 e. The van der Waals surface area contributed by atoms with Gasteiger partial charge in [0.15, 0.2) is 16.6 Å². The molecule has 1 aliphatic rings. The Morgan fingerprint density at radius 3 is 2.51 bits per heavy atom. The van der Waals surface area contributed by atoms with Gasteiger partial charge in [0.1, 0.15) is 0 Å². The number of nitrogens with one attached hydrogen (secondary N) is 1. The number of nitrogens with zero attached hydrogens (tertiary/aromatic N) is 3. The van der Waals surface area contributed by atoms with Gasteiger partial charge in [0.2, 0.25) is 5.91 Å². The van der Waals surface area contributed by atoms with Crippen molar-refractivity contribution in [1.29, 1.82) is 0 Å². The zero-order chi connectivity index (χ0) is 26.6. The van der Waals surface area contributed by atoms with E-state index in [1.165, 1.54) is 0 Å².